The molecular weight excluding hydrogens is 318 g/mol. The summed E-state index contributed by atoms with van der Waals surface area (Å²) in [4.78, 5) is 16.3. The summed E-state index contributed by atoms with van der Waals surface area (Å²) in [6.07, 6.45) is 3.26. The molecule has 0 spiro atoms. The smallest absolute Gasteiger partial charge is 0.200 e. The summed E-state index contributed by atoms with van der Waals surface area (Å²) < 4.78 is 6.33. The first-order valence-electron chi connectivity index (χ1n) is 6.32. The van der Waals surface area contributed by atoms with Gasteiger partial charge < -0.3 is 4.74 Å². The number of benzene rings is 1. The van der Waals surface area contributed by atoms with E-state index in [-0.39, 0.29) is 12.4 Å². The second-order valence-electron chi connectivity index (χ2n) is 4.82. The van der Waals surface area contributed by atoms with Gasteiger partial charge in [0.25, 0.3) is 0 Å². The van der Waals surface area contributed by atoms with Gasteiger partial charge in [-0.15, -0.1) is 0 Å². The fourth-order valence-corrected chi connectivity index (χ4v) is 2.66. The Bertz CT molecular complexity index is 630. The molecule has 1 aromatic heterocycles. The summed E-state index contributed by atoms with van der Waals surface area (Å²) in [5, 5.41) is 0. The number of hydrogen-bond donors (Lipinski definition) is 0. The van der Waals surface area contributed by atoms with E-state index in [2.05, 4.69) is 20.9 Å². The molecule has 0 fully saturated rings. The maximum atomic E-state index is 12.3. The van der Waals surface area contributed by atoms with Crippen LogP contribution in [0, 0.1) is 20.8 Å². The lowest BCUT2D eigenvalue weighted by Crippen LogP contribution is -2.14. The molecule has 0 saturated heterocycles. The maximum Gasteiger partial charge on any atom is 0.200 e. The average Bonchev–Trinajstić information content (AvgIpc) is 2.35. The van der Waals surface area contributed by atoms with Crippen LogP contribution >= 0.6 is 15.9 Å². The second-order valence-corrected chi connectivity index (χ2v) is 5.74. The first-order valence-corrected chi connectivity index (χ1v) is 7.11. The first kappa shape index (κ1) is 14.7. The van der Waals surface area contributed by atoms with Gasteiger partial charge in [-0.05, 0) is 53.9 Å². The summed E-state index contributed by atoms with van der Waals surface area (Å²) in [7, 11) is 0. The molecule has 0 radical (unpaired) electrons. The van der Waals surface area contributed by atoms with E-state index in [0.717, 1.165) is 26.7 Å². The SMILES string of the molecule is Cc1cc(C)c(C(=O)COc2cncc(Br)c2)c(C)c1. The maximum absolute atomic E-state index is 12.3. The quantitative estimate of drug-likeness (QED) is 0.793. The number of Topliss-reactive ketones (excluding diaryl/α,β-unsaturated/α-hetero) is 1. The molecule has 0 amide bonds. The molecule has 0 atom stereocenters. The van der Waals surface area contributed by atoms with Crippen molar-refractivity contribution in [2.24, 2.45) is 0 Å². The van der Waals surface area contributed by atoms with E-state index in [0.29, 0.717) is 5.75 Å². The van der Waals surface area contributed by atoms with E-state index < -0.39 is 0 Å². The van der Waals surface area contributed by atoms with Crippen LogP contribution in [-0.2, 0) is 0 Å². The summed E-state index contributed by atoms with van der Waals surface area (Å²) in [6, 6.07) is 5.82. The van der Waals surface area contributed by atoms with E-state index in [1.54, 1.807) is 18.5 Å². The lowest BCUT2D eigenvalue weighted by Gasteiger charge is -2.11. The highest BCUT2D eigenvalue weighted by molar-refractivity contribution is 9.10. The molecule has 3 nitrogen and oxygen atoms in total. The number of carbonyl (C=O) groups excluding carboxylic acids is 1. The van der Waals surface area contributed by atoms with E-state index in [4.69, 9.17) is 4.74 Å². The number of carbonyl (C=O) groups is 1. The molecule has 104 valence electrons. The molecule has 0 bridgehead atoms. The molecule has 2 aromatic rings. The van der Waals surface area contributed by atoms with Gasteiger partial charge in [0.2, 0.25) is 5.78 Å². The molecule has 0 aliphatic heterocycles. The fraction of sp³-hybridized carbons (Fsp3) is 0.250. The van der Waals surface area contributed by atoms with E-state index in [1.165, 1.54) is 0 Å². The molecule has 0 N–H and O–H groups in total. The van der Waals surface area contributed by atoms with Crippen molar-refractivity contribution in [1.82, 2.24) is 4.98 Å². The van der Waals surface area contributed by atoms with Crippen molar-refractivity contribution >= 4 is 21.7 Å². The van der Waals surface area contributed by atoms with Crippen LogP contribution in [0.2, 0.25) is 0 Å². The molecule has 0 aliphatic carbocycles. The number of ether oxygens (including phenoxy) is 1. The van der Waals surface area contributed by atoms with Crippen LogP contribution in [-0.4, -0.2) is 17.4 Å². The van der Waals surface area contributed by atoms with Gasteiger partial charge in [0.15, 0.2) is 6.61 Å². The van der Waals surface area contributed by atoms with Gasteiger partial charge in [0.05, 0.1) is 6.20 Å². The Labute approximate surface area is 127 Å². The summed E-state index contributed by atoms with van der Waals surface area (Å²) >= 11 is 3.32. The van der Waals surface area contributed by atoms with Gasteiger partial charge in [0.1, 0.15) is 5.75 Å². The van der Waals surface area contributed by atoms with E-state index in [9.17, 15) is 4.79 Å². The monoisotopic (exact) mass is 333 g/mol. The normalized spacial score (nSPS) is 10.4. The lowest BCUT2D eigenvalue weighted by molar-refractivity contribution is 0.0920. The lowest BCUT2D eigenvalue weighted by atomic mass is 9.97. The zero-order valence-corrected chi connectivity index (χ0v) is 13.3. The molecule has 1 aromatic carbocycles. The van der Waals surface area contributed by atoms with Gasteiger partial charge in [0, 0.05) is 16.2 Å². The number of ketones is 1. The minimum absolute atomic E-state index is 0.0139. The summed E-state index contributed by atoms with van der Waals surface area (Å²) in [5.41, 5.74) is 3.89. The summed E-state index contributed by atoms with van der Waals surface area (Å²) in [5.74, 6) is 0.565. The van der Waals surface area contributed by atoms with Crippen molar-refractivity contribution in [1.29, 1.82) is 0 Å². The van der Waals surface area contributed by atoms with Gasteiger partial charge in [-0.1, -0.05) is 17.7 Å². The number of nitrogens with zero attached hydrogens (tertiary/aromatic N) is 1. The van der Waals surface area contributed by atoms with Crippen LogP contribution in [0.15, 0.2) is 35.1 Å². The molecular formula is C16H16BrNO2. The van der Waals surface area contributed by atoms with Gasteiger partial charge in [-0.25, -0.2) is 0 Å². The largest absolute Gasteiger partial charge is 0.484 e. The number of aryl methyl sites for hydroxylation is 3. The van der Waals surface area contributed by atoms with Crippen molar-refractivity contribution in [3.8, 4) is 5.75 Å². The van der Waals surface area contributed by atoms with E-state index >= 15 is 0 Å². The van der Waals surface area contributed by atoms with Crippen molar-refractivity contribution < 1.29 is 9.53 Å². The third-order valence-electron chi connectivity index (χ3n) is 3.01. The Morgan fingerprint density at radius 2 is 1.80 bits per heavy atom. The predicted molar refractivity (Wildman–Crippen MR) is 82.4 cm³/mol. The Kier molecular flexibility index (Phi) is 4.55. The van der Waals surface area contributed by atoms with Crippen LogP contribution in [0.1, 0.15) is 27.0 Å². The Hall–Kier alpha value is -1.68. The second kappa shape index (κ2) is 6.18. The Morgan fingerprint density at radius 3 is 2.40 bits per heavy atom. The number of rotatable bonds is 4. The highest BCUT2D eigenvalue weighted by atomic mass is 79.9. The highest BCUT2D eigenvalue weighted by Gasteiger charge is 2.13. The fourth-order valence-electron chi connectivity index (χ4n) is 2.31. The minimum Gasteiger partial charge on any atom is -0.484 e. The van der Waals surface area contributed by atoms with Crippen molar-refractivity contribution in [2.45, 2.75) is 20.8 Å². The van der Waals surface area contributed by atoms with Crippen LogP contribution in [0.3, 0.4) is 0 Å². The van der Waals surface area contributed by atoms with Crippen LogP contribution in [0.4, 0.5) is 0 Å². The zero-order valence-electron chi connectivity index (χ0n) is 11.7. The standard InChI is InChI=1S/C16H16BrNO2/c1-10-4-11(2)16(12(3)5-10)15(19)9-20-14-6-13(17)7-18-8-14/h4-8H,9H2,1-3H3. The summed E-state index contributed by atoms with van der Waals surface area (Å²) in [6.45, 7) is 5.95. The van der Waals surface area contributed by atoms with Crippen LogP contribution in [0.5, 0.6) is 5.75 Å². The van der Waals surface area contributed by atoms with E-state index in [1.807, 2.05) is 32.9 Å². The molecule has 0 aliphatic rings. The Balaban J connectivity index is 2.13. The first-order chi connectivity index (χ1) is 9.47. The number of hydrogen-bond acceptors (Lipinski definition) is 3. The van der Waals surface area contributed by atoms with Crippen LogP contribution < -0.4 is 4.74 Å². The minimum atomic E-state index is -0.0139. The van der Waals surface area contributed by atoms with Gasteiger partial charge >= 0.3 is 0 Å². The number of halogens is 1. The van der Waals surface area contributed by atoms with Crippen molar-refractivity contribution in [2.75, 3.05) is 6.61 Å². The molecule has 2 rings (SSSR count). The third kappa shape index (κ3) is 3.45. The molecule has 0 saturated carbocycles. The predicted octanol–water partition coefficient (Wildman–Crippen LogP) is 4.03. The molecule has 20 heavy (non-hydrogen) atoms. The molecule has 4 heteroatoms. The number of pyridine rings is 1. The highest BCUT2D eigenvalue weighted by Crippen LogP contribution is 2.19. The Morgan fingerprint density at radius 1 is 1.15 bits per heavy atom. The van der Waals surface area contributed by atoms with Crippen molar-refractivity contribution in [3.05, 3.63) is 57.3 Å². The number of aromatic nitrogens is 1. The van der Waals surface area contributed by atoms with Gasteiger partial charge in [-0.3, -0.25) is 9.78 Å². The molecule has 1 heterocycles. The van der Waals surface area contributed by atoms with Crippen LogP contribution in [0.25, 0.3) is 0 Å². The molecule has 0 unspecified atom stereocenters. The van der Waals surface area contributed by atoms with Crippen molar-refractivity contribution in [3.63, 3.8) is 0 Å². The van der Waals surface area contributed by atoms with Gasteiger partial charge in [-0.2, -0.15) is 0 Å². The third-order valence-corrected chi connectivity index (χ3v) is 3.44. The topological polar surface area (TPSA) is 39.2 Å². The zero-order chi connectivity index (χ0) is 14.7. The average molecular weight is 334 g/mol.